The van der Waals surface area contributed by atoms with Crippen molar-refractivity contribution in [1.29, 1.82) is 0 Å². The first-order chi connectivity index (χ1) is 7.79. The van der Waals surface area contributed by atoms with Crippen LogP contribution in [0.25, 0.3) is 0 Å². The van der Waals surface area contributed by atoms with Gasteiger partial charge >= 0.3 is 0 Å². The number of hydrogen-bond acceptors (Lipinski definition) is 3. The Labute approximate surface area is 101 Å². The van der Waals surface area contributed by atoms with Crippen molar-refractivity contribution in [1.82, 2.24) is 5.32 Å². The van der Waals surface area contributed by atoms with E-state index < -0.39 is 10.8 Å². The van der Waals surface area contributed by atoms with Crippen LogP contribution in [0.1, 0.15) is 39.0 Å². The molecule has 2 fully saturated rings. The van der Waals surface area contributed by atoms with Gasteiger partial charge in [0.1, 0.15) is 0 Å². The molecular weight excluding hydrogens is 222 g/mol. The third-order valence-corrected chi connectivity index (χ3v) is 5.42. The topological polar surface area (TPSA) is 38.3 Å². The Morgan fingerprint density at radius 1 is 1.31 bits per heavy atom. The molecule has 16 heavy (non-hydrogen) atoms. The summed E-state index contributed by atoms with van der Waals surface area (Å²) in [6.45, 7) is 3.78. The van der Waals surface area contributed by atoms with Crippen molar-refractivity contribution in [3.05, 3.63) is 0 Å². The summed E-state index contributed by atoms with van der Waals surface area (Å²) in [6, 6.07) is 1.11. The summed E-state index contributed by atoms with van der Waals surface area (Å²) in [5.41, 5.74) is 0. The lowest BCUT2D eigenvalue weighted by Gasteiger charge is -2.30. The molecule has 4 heteroatoms. The van der Waals surface area contributed by atoms with Gasteiger partial charge in [0.2, 0.25) is 0 Å². The third kappa shape index (κ3) is 3.28. The largest absolute Gasteiger partial charge is 0.380 e. The van der Waals surface area contributed by atoms with Crippen LogP contribution in [0.3, 0.4) is 0 Å². The first kappa shape index (κ1) is 12.5. The molecule has 1 saturated carbocycles. The Hall–Kier alpha value is 0.0700. The minimum Gasteiger partial charge on any atom is -0.380 e. The summed E-state index contributed by atoms with van der Waals surface area (Å²) in [6.07, 6.45) is 5.85. The number of hydrogen-bond donors (Lipinski definition) is 1. The van der Waals surface area contributed by atoms with E-state index in [4.69, 9.17) is 4.74 Å². The lowest BCUT2D eigenvalue weighted by Crippen LogP contribution is -2.43. The molecule has 1 aliphatic carbocycles. The van der Waals surface area contributed by atoms with Crippen molar-refractivity contribution in [3.63, 3.8) is 0 Å². The number of ether oxygens (including phenoxy) is 1. The van der Waals surface area contributed by atoms with E-state index >= 15 is 0 Å². The van der Waals surface area contributed by atoms with Crippen molar-refractivity contribution < 1.29 is 8.95 Å². The molecule has 1 saturated heterocycles. The van der Waals surface area contributed by atoms with E-state index in [1.165, 1.54) is 12.8 Å². The van der Waals surface area contributed by atoms with Crippen molar-refractivity contribution in [2.75, 3.05) is 19.0 Å². The summed E-state index contributed by atoms with van der Waals surface area (Å²) in [5.74, 6) is 0.809. The highest BCUT2D eigenvalue weighted by atomic mass is 32.2. The zero-order valence-corrected chi connectivity index (χ0v) is 10.9. The maximum Gasteiger partial charge on any atom is 0.0620 e. The Balaban J connectivity index is 1.79. The molecule has 3 nitrogen and oxygen atoms in total. The van der Waals surface area contributed by atoms with Crippen LogP contribution >= 0.6 is 0 Å². The summed E-state index contributed by atoms with van der Waals surface area (Å²) in [5, 5.41) is 4.10. The minimum absolute atomic E-state index is 0.429. The Kier molecular flexibility index (Phi) is 4.79. The molecule has 4 unspecified atom stereocenters. The summed E-state index contributed by atoms with van der Waals surface area (Å²) in [7, 11) is -0.608. The summed E-state index contributed by atoms with van der Waals surface area (Å²) in [4.78, 5) is 0. The van der Waals surface area contributed by atoms with Crippen molar-refractivity contribution in [2.45, 2.75) is 56.4 Å². The Bertz CT molecular complexity index is 241. The molecule has 1 aliphatic heterocycles. The second-order valence-corrected chi connectivity index (χ2v) is 6.89. The van der Waals surface area contributed by atoms with Crippen LogP contribution in [0.4, 0.5) is 0 Å². The van der Waals surface area contributed by atoms with Crippen molar-refractivity contribution >= 4 is 10.8 Å². The van der Waals surface area contributed by atoms with Crippen LogP contribution in [0.15, 0.2) is 0 Å². The van der Waals surface area contributed by atoms with Gasteiger partial charge in [-0.05, 0) is 25.7 Å². The third-order valence-electron chi connectivity index (χ3n) is 3.68. The van der Waals surface area contributed by atoms with Gasteiger partial charge in [0, 0.05) is 40.5 Å². The quantitative estimate of drug-likeness (QED) is 0.814. The van der Waals surface area contributed by atoms with Crippen LogP contribution in [-0.4, -0.2) is 40.5 Å². The van der Waals surface area contributed by atoms with Crippen molar-refractivity contribution in [2.24, 2.45) is 0 Å². The van der Waals surface area contributed by atoms with Crippen LogP contribution < -0.4 is 5.32 Å². The highest BCUT2D eigenvalue weighted by Crippen LogP contribution is 2.24. The second kappa shape index (κ2) is 6.12. The van der Waals surface area contributed by atoms with Crippen molar-refractivity contribution in [3.8, 4) is 0 Å². The molecule has 1 N–H and O–H groups in total. The van der Waals surface area contributed by atoms with Gasteiger partial charge in [-0.3, -0.25) is 4.21 Å². The number of rotatable bonds is 4. The molecule has 0 spiro atoms. The lowest BCUT2D eigenvalue weighted by atomic mass is 9.94. The van der Waals surface area contributed by atoms with Gasteiger partial charge in [0.05, 0.1) is 6.61 Å². The molecule has 0 amide bonds. The van der Waals surface area contributed by atoms with E-state index in [-0.39, 0.29) is 0 Å². The first-order valence-electron chi connectivity index (χ1n) is 6.50. The van der Waals surface area contributed by atoms with Gasteiger partial charge in [-0.25, -0.2) is 0 Å². The predicted octanol–water partition coefficient (Wildman–Crippen LogP) is 1.44. The standard InChI is InChI=1S/C12H23NO2S/c1-2-16(14)12-5-3-4-10(8-12)13-11-6-7-15-9-11/h10-13H,2-9H2,1H3. The molecule has 0 aromatic carbocycles. The van der Waals surface area contributed by atoms with Gasteiger partial charge < -0.3 is 10.1 Å². The van der Waals surface area contributed by atoms with E-state index in [0.29, 0.717) is 17.3 Å². The summed E-state index contributed by atoms with van der Waals surface area (Å²) < 4.78 is 17.2. The normalized spacial score (nSPS) is 37.4. The average molecular weight is 245 g/mol. The lowest BCUT2D eigenvalue weighted by molar-refractivity contribution is 0.186. The van der Waals surface area contributed by atoms with Gasteiger partial charge in [0.25, 0.3) is 0 Å². The molecule has 94 valence electrons. The first-order valence-corrected chi connectivity index (χ1v) is 7.88. The van der Waals surface area contributed by atoms with E-state index in [9.17, 15) is 4.21 Å². The average Bonchev–Trinajstić information content (AvgIpc) is 2.81. The molecule has 0 aromatic heterocycles. The molecule has 2 aliphatic rings. The van der Waals surface area contributed by atoms with Gasteiger partial charge in [0.15, 0.2) is 0 Å². The second-order valence-electron chi connectivity index (χ2n) is 4.88. The van der Waals surface area contributed by atoms with E-state index in [2.05, 4.69) is 5.32 Å². The monoisotopic (exact) mass is 245 g/mol. The molecule has 0 radical (unpaired) electrons. The molecule has 0 aromatic rings. The Morgan fingerprint density at radius 3 is 2.88 bits per heavy atom. The molecule has 0 bridgehead atoms. The fourth-order valence-corrected chi connectivity index (χ4v) is 4.12. The maximum atomic E-state index is 11.8. The summed E-state index contributed by atoms with van der Waals surface area (Å²) >= 11 is 0. The van der Waals surface area contributed by atoms with Crippen LogP contribution in [-0.2, 0) is 15.5 Å². The fourth-order valence-electron chi connectivity index (χ4n) is 2.77. The zero-order chi connectivity index (χ0) is 11.4. The highest BCUT2D eigenvalue weighted by molar-refractivity contribution is 7.85. The highest BCUT2D eigenvalue weighted by Gasteiger charge is 2.27. The van der Waals surface area contributed by atoms with Crippen LogP contribution in [0, 0.1) is 0 Å². The smallest absolute Gasteiger partial charge is 0.0620 e. The van der Waals surface area contributed by atoms with E-state index in [0.717, 1.165) is 38.2 Å². The zero-order valence-electron chi connectivity index (χ0n) is 10.1. The fraction of sp³-hybridized carbons (Fsp3) is 1.00. The Morgan fingerprint density at radius 2 is 2.19 bits per heavy atom. The molecule has 4 atom stereocenters. The SMILES string of the molecule is CCS(=O)C1CCCC(NC2CCOC2)C1. The van der Waals surface area contributed by atoms with Crippen LogP contribution in [0.5, 0.6) is 0 Å². The van der Waals surface area contributed by atoms with Gasteiger partial charge in [-0.1, -0.05) is 13.3 Å². The molecular formula is C12H23NO2S. The predicted molar refractivity (Wildman–Crippen MR) is 67.1 cm³/mol. The molecule has 1 heterocycles. The molecule has 2 rings (SSSR count). The van der Waals surface area contributed by atoms with Gasteiger partial charge in [-0.15, -0.1) is 0 Å². The van der Waals surface area contributed by atoms with Gasteiger partial charge in [-0.2, -0.15) is 0 Å². The van der Waals surface area contributed by atoms with E-state index in [1.807, 2.05) is 6.92 Å². The van der Waals surface area contributed by atoms with E-state index in [1.54, 1.807) is 0 Å². The minimum atomic E-state index is -0.608. The number of nitrogens with one attached hydrogen (secondary N) is 1. The maximum absolute atomic E-state index is 11.8. The van der Waals surface area contributed by atoms with Crippen LogP contribution in [0.2, 0.25) is 0 Å².